The van der Waals surface area contributed by atoms with Crippen LogP contribution in [0.4, 0.5) is 0 Å². The second-order valence-electron chi connectivity index (χ2n) is 6.33. The number of hydrogen-bond donors (Lipinski definition) is 1. The van der Waals surface area contributed by atoms with Gasteiger partial charge in [-0.15, -0.1) is 0 Å². The minimum Gasteiger partial charge on any atom is -0.379 e. The van der Waals surface area contributed by atoms with Crippen molar-refractivity contribution >= 4 is 10.0 Å². The maximum Gasteiger partial charge on any atom is 0.209 e. The Labute approximate surface area is 130 Å². The first-order valence-electron chi connectivity index (χ1n) is 7.90. The van der Waals surface area contributed by atoms with Gasteiger partial charge in [0.1, 0.15) is 0 Å². The molecule has 0 aliphatic heterocycles. The van der Waals surface area contributed by atoms with Crippen molar-refractivity contribution < 1.29 is 17.9 Å². The van der Waals surface area contributed by atoms with Crippen LogP contribution in [-0.2, 0) is 19.5 Å². The average Bonchev–Trinajstić information content (AvgIpc) is 2.32. The Morgan fingerprint density at radius 1 is 1.05 bits per heavy atom. The highest BCUT2D eigenvalue weighted by Gasteiger charge is 2.33. The summed E-state index contributed by atoms with van der Waals surface area (Å²) in [6, 6.07) is 0. The summed E-state index contributed by atoms with van der Waals surface area (Å²) in [4.78, 5) is 0. The van der Waals surface area contributed by atoms with Gasteiger partial charge >= 0.3 is 0 Å². The summed E-state index contributed by atoms with van der Waals surface area (Å²) < 4.78 is 34.2. The van der Waals surface area contributed by atoms with Crippen LogP contribution in [-0.4, -0.2) is 40.6 Å². The van der Waals surface area contributed by atoms with E-state index in [1.165, 1.54) is 0 Å². The van der Waals surface area contributed by atoms with Gasteiger partial charge in [-0.3, -0.25) is 0 Å². The normalized spacial score (nSPS) is 13.0. The van der Waals surface area contributed by atoms with E-state index in [1.54, 1.807) is 0 Å². The molecule has 6 heteroatoms. The van der Waals surface area contributed by atoms with Crippen molar-refractivity contribution in [2.24, 2.45) is 16.5 Å². The lowest BCUT2D eigenvalue weighted by molar-refractivity contribution is 0.0000925. The molecule has 2 N–H and O–H groups in total. The predicted octanol–water partition coefficient (Wildman–Crippen LogP) is 2.55. The van der Waals surface area contributed by atoms with E-state index in [1.807, 2.05) is 0 Å². The standard InChI is InChI=1S/C15H33NO4S/c1-5-7-15(8-6-2,13-21(16,17)18)12-20-10-9-19-11-14(3)4/h14H,5-13H2,1-4H3,(H2,16,17,18). The molecule has 0 fully saturated rings. The summed E-state index contributed by atoms with van der Waals surface area (Å²) in [5.74, 6) is 0.501. The van der Waals surface area contributed by atoms with Crippen molar-refractivity contribution in [3.63, 3.8) is 0 Å². The molecule has 0 atom stereocenters. The van der Waals surface area contributed by atoms with Crippen LogP contribution < -0.4 is 5.14 Å². The topological polar surface area (TPSA) is 78.6 Å². The predicted molar refractivity (Wildman–Crippen MR) is 86.7 cm³/mol. The monoisotopic (exact) mass is 323 g/mol. The Morgan fingerprint density at radius 2 is 1.57 bits per heavy atom. The zero-order chi connectivity index (χ0) is 16.4. The minimum absolute atomic E-state index is 0.00543. The van der Waals surface area contributed by atoms with Gasteiger partial charge in [-0.1, -0.05) is 40.5 Å². The third kappa shape index (κ3) is 11.1. The third-order valence-corrected chi connectivity index (χ3v) is 4.31. The van der Waals surface area contributed by atoms with E-state index in [2.05, 4.69) is 27.7 Å². The fraction of sp³-hybridized carbons (Fsp3) is 1.00. The fourth-order valence-corrected chi connectivity index (χ4v) is 3.89. The van der Waals surface area contributed by atoms with Crippen molar-refractivity contribution in [1.29, 1.82) is 0 Å². The van der Waals surface area contributed by atoms with Crippen LogP contribution in [0.5, 0.6) is 0 Å². The van der Waals surface area contributed by atoms with E-state index in [0.29, 0.717) is 25.7 Å². The lowest BCUT2D eigenvalue weighted by Gasteiger charge is -2.32. The number of ether oxygens (including phenoxy) is 2. The van der Waals surface area contributed by atoms with Gasteiger partial charge in [0.25, 0.3) is 0 Å². The number of rotatable bonds is 13. The average molecular weight is 323 g/mol. The molecule has 0 saturated heterocycles. The number of hydrogen-bond acceptors (Lipinski definition) is 4. The molecular formula is C15H33NO4S. The van der Waals surface area contributed by atoms with Gasteiger partial charge in [-0.25, -0.2) is 13.6 Å². The van der Waals surface area contributed by atoms with Crippen LogP contribution in [0.3, 0.4) is 0 Å². The van der Waals surface area contributed by atoms with Crippen molar-refractivity contribution in [2.45, 2.75) is 53.4 Å². The molecule has 0 aromatic rings. The Hall–Kier alpha value is -0.170. The fourth-order valence-electron chi connectivity index (χ4n) is 2.67. The molecule has 0 saturated carbocycles. The summed E-state index contributed by atoms with van der Waals surface area (Å²) in [6.45, 7) is 10.5. The molecule has 0 aromatic carbocycles. The molecule has 0 aromatic heterocycles. The molecule has 0 aliphatic rings. The van der Waals surface area contributed by atoms with E-state index < -0.39 is 10.0 Å². The molecule has 0 spiro atoms. The molecular weight excluding hydrogens is 290 g/mol. The van der Waals surface area contributed by atoms with Crippen molar-refractivity contribution in [3.05, 3.63) is 0 Å². The van der Waals surface area contributed by atoms with Crippen LogP contribution in [0.2, 0.25) is 0 Å². The smallest absolute Gasteiger partial charge is 0.209 e. The molecule has 0 bridgehead atoms. The van der Waals surface area contributed by atoms with E-state index in [9.17, 15) is 8.42 Å². The Kier molecular flexibility index (Phi) is 10.5. The first-order valence-corrected chi connectivity index (χ1v) is 9.62. The zero-order valence-electron chi connectivity index (χ0n) is 14.1. The second kappa shape index (κ2) is 10.5. The summed E-state index contributed by atoms with van der Waals surface area (Å²) >= 11 is 0. The van der Waals surface area contributed by atoms with Gasteiger partial charge in [0.2, 0.25) is 10.0 Å². The molecule has 128 valence electrons. The van der Waals surface area contributed by atoms with Crippen molar-refractivity contribution in [3.8, 4) is 0 Å². The van der Waals surface area contributed by atoms with Gasteiger partial charge in [0.05, 0.1) is 25.6 Å². The molecule has 0 heterocycles. The van der Waals surface area contributed by atoms with E-state index in [0.717, 1.165) is 32.3 Å². The molecule has 21 heavy (non-hydrogen) atoms. The Balaban J connectivity index is 4.38. The Morgan fingerprint density at radius 3 is 2.00 bits per heavy atom. The maximum absolute atomic E-state index is 11.5. The number of primary sulfonamides is 1. The number of sulfonamides is 1. The first kappa shape index (κ1) is 20.8. The van der Waals surface area contributed by atoms with Gasteiger partial charge < -0.3 is 9.47 Å². The highest BCUT2D eigenvalue weighted by molar-refractivity contribution is 7.89. The van der Waals surface area contributed by atoms with Crippen LogP contribution in [0.25, 0.3) is 0 Å². The van der Waals surface area contributed by atoms with E-state index >= 15 is 0 Å². The highest BCUT2D eigenvalue weighted by atomic mass is 32.2. The summed E-state index contributed by atoms with van der Waals surface area (Å²) in [7, 11) is -3.50. The quantitative estimate of drug-likeness (QED) is 0.528. The second-order valence-corrected chi connectivity index (χ2v) is 7.94. The van der Waals surface area contributed by atoms with Crippen LogP contribution in [0, 0.1) is 11.3 Å². The molecule has 0 amide bonds. The maximum atomic E-state index is 11.5. The molecule has 0 unspecified atom stereocenters. The third-order valence-electron chi connectivity index (χ3n) is 3.30. The van der Waals surface area contributed by atoms with Crippen molar-refractivity contribution in [2.75, 3.05) is 32.2 Å². The van der Waals surface area contributed by atoms with E-state index in [-0.39, 0.29) is 11.2 Å². The highest BCUT2D eigenvalue weighted by Crippen LogP contribution is 2.31. The number of nitrogens with two attached hydrogens (primary N) is 1. The SMILES string of the molecule is CCCC(CCC)(COCCOCC(C)C)CS(N)(=O)=O. The minimum atomic E-state index is -3.50. The molecule has 5 nitrogen and oxygen atoms in total. The Bertz CT molecular complexity index is 349. The van der Waals surface area contributed by atoms with Crippen LogP contribution in [0.15, 0.2) is 0 Å². The molecule has 0 aliphatic carbocycles. The van der Waals surface area contributed by atoms with Crippen molar-refractivity contribution in [1.82, 2.24) is 0 Å². The van der Waals surface area contributed by atoms with Gasteiger partial charge in [0, 0.05) is 12.0 Å². The lowest BCUT2D eigenvalue weighted by Crippen LogP contribution is -2.38. The summed E-state index contributed by atoms with van der Waals surface area (Å²) in [5.41, 5.74) is -0.366. The van der Waals surface area contributed by atoms with Gasteiger partial charge in [-0.05, 0) is 18.8 Å². The zero-order valence-corrected chi connectivity index (χ0v) is 14.9. The largest absolute Gasteiger partial charge is 0.379 e. The molecule has 0 radical (unpaired) electrons. The van der Waals surface area contributed by atoms with E-state index in [4.69, 9.17) is 14.6 Å². The summed E-state index contributed by atoms with van der Waals surface area (Å²) in [6.07, 6.45) is 3.46. The lowest BCUT2D eigenvalue weighted by atomic mass is 9.82. The summed E-state index contributed by atoms with van der Waals surface area (Å²) in [5, 5.41) is 5.26. The molecule has 0 rings (SSSR count). The van der Waals surface area contributed by atoms with Gasteiger partial charge in [-0.2, -0.15) is 0 Å². The van der Waals surface area contributed by atoms with Crippen LogP contribution >= 0.6 is 0 Å². The first-order chi connectivity index (χ1) is 9.74. The van der Waals surface area contributed by atoms with Crippen LogP contribution in [0.1, 0.15) is 53.4 Å². The van der Waals surface area contributed by atoms with Gasteiger partial charge in [0.15, 0.2) is 0 Å².